The van der Waals surface area contributed by atoms with Gasteiger partial charge in [0.15, 0.2) is 0 Å². The zero-order valence-corrected chi connectivity index (χ0v) is 6.95. The van der Waals surface area contributed by atoms with Crippen molar-refractivity contribution < 1.29 is 8.42 Å². The summed E-state index contributed by atoms with van der Waals surface area (Å²) in [4.78, 5) is 0.342. The molecule has 0 amide bonds. The highest BCUT2D eigenvalue weighted by atomic mass is 32.2. The van der Waals surface area contributed by atoms with Crippen LogP contribution >= 0.6 is 11.3 Å². The lowest BCUT2D eigenvalue weighted by molar-refractivity contribution is 0.600. The molecular weight excluding hydrogens is 184 g/mol. The summed E-state index contributed by atoms with van der Waals surface area (Å²) in [6.07, 6.45) is 0. The minimum atomic E-state index is -3.62. The minimum absolute atomic E-state index is 0.0223. The van der Waals surface area contributed by atoms with E-state index in [0.29, 0.717) is 4.88 Å². The molecule has 0 atom stereocenters. The molecule has 0 unspecified atom stereocenters. The van der Waals surface area contributed by atoms with Crippen LogP contribution in [0.5, 0.6) is 0 Å². The van der Waals surface area contributed by atoms with Crippen molar-refractivity contribution >= 4 is 21.4 Å². The monoisotopic (exact) mass is 188 g/mol. The van der Waals surface area contributed by atoms with Crippen LogP contribution in [0.4, 0.5) is 0 Å². The molecule has 0 aliphatic heterocycles. The first kappa shape index (κ1) is 8.20. The van der Waals surface area contributed by atoms with Crippen LogP contribution in [0.2, 0.25) is 0 Å². The minimum Gasteiger partial charge on any atom is -0.224 e. The first-order valence-corrected chi connectivity index (χ1v) is 4.93. The molecule has 2 N–H and O–H groups in total. The molecule has 0 bridgehead atoms. The van der Waals surface area contributed by atoms with E-state index in [1.165, 1.54) is 12.1 Å². The molecule has 0 aromatic carbocycles. The summed E-state index contributed by atoms with van der Waals surface area (Å²) >= 11 is 0.866. The van der Waals surface area contributed by atoms with Crippen molar-refractivity contribution in [1.29, 1.82) is 5.26 Å². The van der Waals surface area contributed by atoms with Crippen molar-refractivity contribution in [2.24, 2.45) is 5.14 Å². The summed E-state index contributed by atoms with van der Waals surface area (Å²) in [6, 6.07) is 4.56. The predicted octanol–water partition coefficient (Wildman–Crippen LogP) is 0.267. The maximum Gasteiger partial charge on any atom is 0.247 e. The Morgan fingerprint density at radius 1 is 1.55 bits per heavy atom. The van der Waals surface area contributed by atoms with Gasteiger partial charge in [-0.2, -0.15) is 5.26 Å². The van der Waals surface area contributed by atoms with E-state index in [0.717, 1.165) is 11.3 Å². The molecule has 4 nitrogen and oxygen atoms in total. The molecule has 0 fully saturated rings. The van der Waals surface area contributed by atoms with E-state index in [2.05, 4.69) is 0 Å². The Labute approximate surface area is 67.9 Å². The third kappa shape index (κ3) is 1.77. The van der Waals surface area contributed by atoms with Gasteiger partial charge in [0.05, 0.1) is 0 Å². The standard InChI is InChI=1S/C5H4N2O2S2/c6-3-4-1-2-5(10-4)11(7,8)9/h1-2H,(H2,7,8,9). The van der Waals surface area contributed by atoms with Crippen molar-refractivity contribution in [2.75, 3.05) is 0 Å². The van der Waals surface area contributed by atoms with Gasteiger partial charge in [-0.15, -0.1) is 11.3 Å². The van der Waals surface area contributed by atoms with Gasteiger partial charge < -0.3 is 0 Å². The maximum absolute atomic E-state index is 10.6. The highest BCUT2D eigenvalue weighted by Crippen LogP contribution is 2.18. The second-order valence-electron chi connectivity index (χ2n) is 1.78. The highest BCUT2D eigenvalue weighted by molar-refractivity contribution is 7.91. The molecular formula is C5H4N2O2S2. The quantitative estimate of drug-likeness (QED) is 0.686. The number of rotatable bonds is 1. The normalized spacial score (nSPS) is 10.9. The van der Waals surface area contributed by atoms with Gasteiger partial charge in [-0.3, -0.25) is 0 Å². The van der Waals surface area contributed by atoms with Gasteiger partial charge in [-0.1, -0.05) is 0 Å². The summed E-state index contributed by atoms with van der Waals surface area (Å²) in [5.74, 6) is 0. The summed E-state index contributed by atoms with van der Waals surface area (Å²) in [5.41, 5.74) is 0. The molecule has 6 heteroatoms. The Hall–Kier alpha value is -0.900. The number of nitriles is 1. The summed E-state index contributed by atoms with van der Waals surface area (Å²) in [6.45, 7) is 0. The van der Waals surface area contributed by atoms with E-state index in [-0.39, 0.29) is 4.21 Å². The van der Waals surface area contributed by atoms with Crippen molar-refractivity contribution in [3.8, 4) is 6.07 Å². The van der Waals surface area contributed by atoms with Crippen molar-refractivity contribution in [3.63, 3.8) is 0 Å². The maximum atomic E-state index is 10.6. The molecule has 1 aromatic rings. The van der Waals surface area contributed by atoms with Crippen LogP contribution in [0.1, 0.15) is 4.88 Å². The average molecular weight is 188 g/mol. The van der Waals surface area contributed by atoms with E-state index in [1.807, 2.05) is 6.07 Å². The lowest BCUT2D eigenvalue weighted by Gasteiger charge is -1.86. The molecule has 0 saturated carbocycles. The molecule has 0 radical (unpaired) electrons. The SMILES string of the molecule is N#Cc1ccc(S(N)(=O)=O)s1. The number of nitrogens with two attached hydrogens (primary N) is 1. The van der Waals surface area contributed by atoms with Crippen LogP contribution < -0.4 is 5.14 Å². The van der Waals surface area contributed by atoms with Gasteiger partial charge in [0.1, 0.15) is 15.2 Å². The Morgan fingerprint density at radius 2 is 2.18 bits per heavy atom. The topological polar surface area (TPSA) is 83.9 Å². The number of thiophene rings is 1. The van der Waals surface area contributed by atoms with E-state index < -0.39 is 10.0 Å². The molecule has 0 aliphatic carbocycles. The molecule has 0 spiro atoms. The number of primary sulfonamides is 1. The van der Waals surface area contributed by atoms with Crippen molar-refractivity contribution in [1.82, 2.24) is 0 Å². The number of hydrogen-bond donors (Lipinski definition) is 1. The molecule has 1 aromatic heterocycles. The fraction of sp³-hybridized carbons (Fsp3) is 0. The first-order valence-electron chi connectivity index (χ1n) is 2.57. The van der Waals surface area contributed by atoms with E-state index in [9.17, 15) is 8.42 Å². The summed E-state index contributed by atoms with van der Waals surface area (Å²) < 4.78 is 21.3. The Kier molecular flexibility index (Phi) is 1.95. The number of sulfonamides is 1. The lowest BCUT2D eigenvalue weighted by atomic mass is 10.5. The van der Waals surface area contributed by atoms with E-state index in [1.54, 1.807) is 0 Å². The second-order valence-corrected chi connectivity index (χ2v) is 4.65. The summed E-state index contributed by atoms with van der Waals surface area (Å²) in [5, 5.41) is 13.1. The first-order chi connectivity index (χ1) is 5.04. The zero-order chi connectivity index (χ0) is 8.48. The molecule has 11 heavy (non-hydrogen) atoms. The Bertz CT molecular complexity index is 398. The summed E-state index contributed by atoms with van der Waals surface area (Å²) in [7, 11) is -3.62. The van der Waals surface area contributed by atoms with Crippen LogP contribution in [0.15, 0.2) is 16.3 Å². The van der Waals surface area contributed by atoms with E-state index in [4.69, 9.17) is 10.4 Å². The van der Waals surface area contributed by atoms with Crippen LogP contribution in [0.3, 0.4) is 0 Å². The lowest BCUT2D eigenvalue weighted by Crippen LogP contribution is -2.09. The van der Waals surface area contributed by atoms with Gasteiger partial charge in [-0.05, 0) is 12.1 Å². The van der Waals surface area contributed by atoms with Crippen LogP contribution in [-0.2, 0) is 10.0 Å². The Morgan fingerprint density at radius 3 is 2.45 bits per heavy atom. The van der Waals surface area contributed by atoms with Gasteiger partial charge in [0, 0.05) is 0 Å². The number of hydrogen-bond acceptors (Lipinski definition) is 4. The van der Waals surface area contributed by atoms with E-state index >= 15 is 0 Å². The Balaban J connectivity index is 3.22. The smallest absolute Gasteiger partial charge is 0.224 e. The molecule has 1 heterocycles. The molecule has 0 aliphatic rings. The van der Waals surface area contributed by atoms with Gasteiger partial charge in [0.2, 0.25) is 10.0 Å². The van der Waals surface area contributed by atoms with Crippen molar-refractivity contribution in [2.45, 2.75) is 4.21 Å². The van der Waals surface area contributed by atoms with Gasteiger partial charge in [0.25, 0.3) is 0 Å². The molecule has 58 valence electrons. The third-order valence-corrected chi connectivity index (χ3v) is 3.40. The highest BCUT2D eigenvalue weighted by Gasteiger charge is 2.10. The average Bonchev–Trinajstić information content (AvgIpc) is 2.32. The fourth-order valence-electron chi connectivity index (χ4n) is 0.533. The fourth-order valence-corrected chi connectivity index (χ4v) is 2.06. The molecule has 0 saturated heterocycles. The largest absolute Gasteiger partial charge is 0.247 e. The predicted molar refractivity (Wildman–Crippen MR) is 40.4 cm³/mol. The van der Waals surface area contributed by atoms with Crippen LogP contribution in [0.25, 0.3) is 0 Å². The van der Waals surface area contributed by atoms with Gasteiger partial charge >= 0.3 is 0 Å². The van der Waals surface area contributed by atoms with Crippen LogP contribution in [0, 0.1) is 11.3 Å². The van der Waals surface area contributed by atoms with Gasteiger partial charge in [-0.25, -0.2) is 13.6 Å². The molecule has 1 rings (SSSR count). The third-order valence-electron chi connectivity index (χ3n) is 0.972. The van der Waals surface area contributed by atoms with Crippen molar-refractivity contribution in [3.05, 3.63) is 17.0 Å². The van der Waals surface area contributed by atoms with Crippen LogP contribution in [-0.4, -0.2) is 8.42 Å². The second kappa shape index (κ2) is 2.62. The number of nitrogens with zero attached hydrogens (tertiary/aromatic N) is 1. The zero-order valence-electron chi connectivity index (χ0n) is 5.31.